The average molecular weight is 376 g/mol. The van der Waals surface area contributed by atoms with Crippen LogP contribution in [0, 0.1) is 6.92 Å². The first-order valence-electron chi connectivity index (χ1n) is 7.27. The number of nitrogens with zero attached hydrogens (tertiary/aromatic N) is 5. The standard InChI is InChI=1S/C15H14BrN5O2/c1-8-19-15(23-20-8)13-5-10(22)7-21(13)12-2-3-17-11-4-9(16)6-18-14(11)12/h2-4,6,10,13,22H,5,7H2,1H3/t10-,13+/m0/s1. The zero-order chi connectivity index (χ0) is 16.0. The first kappa shape index (κ1) is 14.5. The SMILES string of the molecule is Cc1noc([C@H]2C[C@H](O)CN2c2ccnc3cc(Br)cnc23)n1. The summed E-state index contributed by atoms with van der Waals surface area (Å²) in [6.45, 7) is 2.27. The molecule has 8 heteroatoms. The maximum atomic E-state index is 10.1. The number of halogens is 1. The molecule has 0 bridgehead atoms. The fourth-order valence-electron chi connectivity index (χ4n) is 2.99. The van der Waals surface area contributed by atoms with E-state index in [2.05, 4.69) is 40.9 Å². The van der Waals surface area contributed by atoms with E-state index >= 15 is 0 Å². The molecular weight excluding hydrogens is 362 g/mol. The summed E-state index contributed by atoms with van der Waals surface area (Å²) >= 11 is 3.41. The molecule has 2 atom stereocenters. The number of aliphatic hydroxyl groups is 1. The molecule has 0 spiro atoms. The molecule has 1 saturated heterocycles. The Balaban J connectivity index is 1.82. The molecule has 0 unspecified atom stereocenters. The van der Waals surface area contributed by atoms with Crippen LogP contribution in [0.4, 0.5) is 5.69 Å². The third-order valence-electron chi connectivity index (χ3n) is 3.94. The van der Waals surface area contributed by atoms with E-state index in [9.17, 15) is 5.11 Å². The summed E-state index contributed by atoms with van der Waals surface area (Å²) in [7, 11) is 0. The lowest BCUT2D eigenvalue weighted by atomic mass is 10.2. The molecule has 3 aromatic rings. The molecule has 23 heavy (non-hydrogen) atoms. The maximum Gasteiger partial charge on any atom is 0.249 e. The number of fused-ring (bicyclic) bond motifs is 1. The number of anilines is 1. The van der Waals surface area contributed by atoms with Gasteiger partial charge in [0.25, 0.3) is 0 Å². The second kappa shape index (κ2) is 5.54. The topological polar surface area (TPSA) is 88.2 Å². The van der Waals surface area contributed by atoms with Crippen LogP contribution in [0.1, 0.15) is 24.2 Å². The number of hydrogen-bond donors (Lipinski definition) is 1. The molecule has 0 aliphatic carbocycles. The minimum atomic E-state index is -0.453. The molecule has 7 nitrogen and oxygen atoms in total. The zero-order valence-corrected chi connectivity index (χ0v) is 13.9. The minimum absolute atomic E-state index is 0.165. The molecule has 1 N–H and O–H groups in total. The van der Waals surface area contributed by atoms with Gasteiger partial charge in [0.05, 0.1) is 17.3 Å². The van der Waals surface area contributed by atoms with Gasteiger partial charge in [-0.2, -0.15) is 4.98 Å². The van der Waals surface area contributed by atoms with E-state index < -0.39 is 6.10 Å². The summed E-state index contributed by atoms with van der Waals surface area (Å²) in [4.78, 5) is 15.2. The quantitative estimate of drug-likeness (QED) is 0.735. The molecular formula is C15H14BrN5O2. The minimum Gasteiger partial charge on any atom is -0.391 e. The van der Waals surface area contributed by atoms with Crippen molar-refractivity contribution in [1.82, 2.24) is 20.1 Å². The third kappa shape index (κ3) is 2.57. The van der Waals surface area contributed by atoms with Gasteiger partial charge in [-0.1, -0.05) is 5.16 Å². The van der Waals surface area contributed by atoms with Crippen LogP contribution >= 0.6 is 15.9 Å². The van der Waals surface area contributed by atoms with Gasteiger partial charge in [0.15, 0.2) is 5.82 Å². The normalized spacial score (nSPS) is 21.3. The molecule has 1 aliphatic rings. The van der Waals surface area contributed by atoms with Crippen LogP contribution in [0.15, 0.2) is 33.5 Å². The van der Waals surface area contributed by atoms with Crippen LogP contribution in [0.2, 0.25) is 0 Å². The fourth-order valence-corrected chi connectivity index (χ4v) is 3.31. The smallest absolute Gasteiger partial charge is 0.249 e. The van der Waals surface area contributed by atoms with Crippen LogP contribution in [0.25, 0.3) is 11.0 Å². The predicted octanol–water partition coefficient (Wildman–Crippen LogP) is 2.40. The highest BCUT2D eigenvalue weighted by Crippen LogP contribution is 2.38. The van der Waals surface area contributed by atoms with Gasteiger partial charge in [0.2, 0.25) is 5.89 Å². The van der Waals surface area contributed by atoms with E-state index in [1.165, 1.54) is 0 Å². The van der Waals surface area contributed by atoms with E-state index in [1.807, 2.05) is 12.1 Å². The fraction of sp³-hybridized carbons (Fsp3) is 0.333. The second-order valence-corrected chi connectivity index (χ2v) is 6.50. The molecule has 4 rings (SSSR count). The van der Waals surface area contributed by atoms with Gasteiger partial charge in [-0.25, -0.2) is 0 Å². The van der Waals surface area contributed by atoms with Crippen molar-refractivity contribution < 1.29 is 9.63 Å². The number of pyridine rings is 2. The molecule has 0 aromatic carbocycles. The summed E-state index contributed by atoms with van der Waals surface area (Å²) in [5.41, 5.74) is 2.48. The Hall–Kier alpha value is -2.06. The number of aliphatic hydroxyl groups excluding tert-OH is 1. The van der Waals surface area contributed by atoms with Crippen molar-refractivity contribution in [1.29, 1.82) is 0 Å². The number of aryl methyl sites for hydroxylation is 1. The van der Waals surface area contributed by atoms with Crippen LogP contribution < -0.4 is 4.90 Å². The first-order chi connectivity index (χ1) is 11.1. The van der Waals surface area contributed by atoms with Crippen molar-refractivity contribution >= 4 is 32.7 Å². The largest absolute Gasteiger partial charge is 0.391 e. The lowest BCUT2D eigenvalue weighted by Gasteiger charge is -2.24. The molecule has 0 amide bonds. The van der Waals surface area contributed by atoms with E-state index in [-0.39, 0.29) is 6.04 Å². The number of β-amino-alcohol motifs (C(OH)–C–C–N with tert-alkyl or cyclic N) is 1. The summed E-state index contributed by atoms with van der Waals surface area (Å²) in [5, 5.41) is 14.0. The molecule has 3 aromatic heterocycles. The van der Waals surface area contributed by atoms with Crippen molar-refractivity contribution in [3.63, 3.8) is 0 Å². The Morgan fingerprint density at radius 2 is 2.26 bits per heavy atom. The van der Waals surface area contributed by atoms with Gasteiger partial charge in [0.1, 0.15) is 11.6 Å². The van der Waals surface area contributed by atoms with Crippen molar-refractivity contribution in [2.24, 2.45) is 0 Å². The average Bonchev–Trinajstić information content (AvgIpc) is 3.12. The molecule has 0 saturated carbocycles. The third-order valence-corrected chi connectivity index (χ3v) is 4.37. The van der Waals surface area contributed by atoms with E-state index in [0.717, 1.165) is 21.2 Å². The monoisotopic (exact) mass is 375 g/mol. The zero-order valence-electron chi connectivity index (χ0n) is 12.3. The lowest BCUT2D eigenvalue weighted by Crippen LogP contribution is -2.25. The second-order valence-electron chi connectivity index (χ2n) is 5.59. The van der Waals surface area contributed by atoms with Gasteiger partial charge in [0, 0.05) is 29.8 Å². The van der Waals surface area contributed by atoms with Gasteiger partial charge >= 0.3 is 0 Å². The Labute approximate surface area is 140 Å². The van der Waals surface area contributed by atoms with Gasteiger partial charge in [-0.3, -0.25) is 9.97 Å². The molecule has 4 heterocycles. The molecule has 118 valence electrons. The lowest BCUT2D eigenvalue weighted by molar-refractivity contribution is 0.191. The number of rotatable bonds is 2. The van der Waals surface area contributed by atoms with Crippen LogP contribution in [0.5, 0.6) is 0 Å². The first-order valence-corrected chi connectivity index (χ1v) is 8.06. The van der Waals surface area contributed by atoms with Crippen molar-refractivity contribution in [3.8, 4) is 0 Å². The Morgan fingerprint density at radius 3 is 3.04 bits per heavy atom. The number of hydrogen-bond acceptors (Lipinski definition) is 7. The van der Waals surface area contributed by atoms with Crippen LogP contribution in [-0.2, 0) is 0 Å². The maximum absolute atomic E-state index is 10.1. The molecule has 0 radical (unpaired) electrons. The Bertz CT molecular complexity index is 868. The Kier molecular flexibility index (Phi) is 3.50. The summed E-state index contributed by atoms with van der Waals surface area (Å²) in [6.07, 6.45) is 3.58. The predicted molar refractivity (Wildman–Crippen MR) is 87.0 cm³/mol. The van der Waals surface area contributed by atoms with E-state index in [1.54, 1.807) is 19.3 Å². The summed E-state index contributed by atoms with van der Waals surface area (Å²) in [6, 6.07) is 3.66. The van der Waals surface area contributed by atoms with Gasteiger partial charge < -0.3 is 14.5 Å². The highest BCUT2D eigenvalue weighted by atomic mass is 79.9. The van der Waals surface area contributed by atoms with Crippen molar-refractivity contribution in [3.05, 3.63) is 40.7 Å². The molecule has 1 fully saturated rings. The van der Waals surface area contributed by atoms with Gasteiger partial charge in [-0.15, -0.1) is 0 Å². The highest BCUT2D eigenvalue weighted by molar-refractivity contribution is 9.10. The van der Waals surface area contributed by atoms with E-state index in [4.69, 9.17) is 4.52 Å². The van der Waals surface area contributed by atoms with Crippen LogP contribution in [0.3, 0.4) is 0 Å². The summed E-state index contributed by atoms with van der Waals surface area (Å²) < 4.78 is 6.20. The van der Waals surface area contributed by atoms with E-state index in [0.29, 0.717) is 24.7 Å². The van der Waals surface area contributed by atoms with Crippen LogP contribution in [-0.4, -0.2) is 37.9 Å². The van der Waals surface area contributed by atoms with Gasteiger partial charge in [-0.05, 0) is 35.0 Å². The highest BCUT2D eigenvalue weighted by Gasteiger charge is 2.36. The molecule has 1 aliphatic heterocycles. The summed E-state index contributed by atoms with van der Waals surface area (Å²) in [5.74, 6) is 1.10. The number of aromatic nitrogens is 4. The van der Waals surface area contributed by atoms with Crippen molar-refractivity contribution in [2.75, 3.05) is 11.4 Å². The Morgan fingerprint density at radius 1 is 1.39 bits per heavy atom. The van der Waals surface area contributed by atoms with Crippen molar-refractivity contribution in [2.45, 2.75) is 25.5 Å².